The van der Waals surface area contributed by atoms with Crippen molar-refractivity contribution in [2.75, 3.05) is 0 Å². The zero-order valence-corrected chi connectivity index (χ0v) is 16.4. The number of carbonyl (C=O) groups is 4. The van der Waals surface area contributed by atoms with Gasteiger partial charge in [0.05, 0.1) is 0 Å². The molecule has 4 N–H and O–H groups in total. The van der Waals surface area contributed by atoms with Crippen LogP contribution in [0.25, 0.3) is 0 Å². The third-order valence-electron chi connectivity index (χ3n) is 4.00. The molecular weight excluding hydrogens is 368 g/mol. The lowest BCUT2D eigenvalue weighted by Gasteiger charge is -2.17. The Hall–Kier alpha value is -2.78. The van der Waals surface area contributed by atoms with Crippen LogP contribution < -0.4 is 20.9 Å². The first-order chi connectivity index (χ1) is 13.0. The van der Waals surface area contributed by atoms with E-state index in [9.17, 15) is 19.2 Å². The van der Waals surface area contributed by atoms with E-state index in [0.717, 1.165) is 0 Å². The molecule has 0 aromatic heterocycles. The maximum absolute atomic E-state index is 12.1. The zero-order valence-electron chi connectivity index (χ0n) is 16.4. The van der Waals surface area contributed by atoms with E-state index in [1.54, 1.807) is 13.0 Å². The zero-order chi connectivity index (χ0) is 21.4. The van der Waals surface area contributed by atoms with Crippen molar-refractivity contribution >= 4 is 23.9 Å². The molecule has 0 unspecified atom stereocenters. The summed E-state index contributed by atoms with van der Waals surface area (Å²) in [6, 6.07) is 2.32. The van der Waals surface area contributed by atoms with E-state index >= 15 is 0 Å². The summed E-state index contributed by atoms with van der Waals surface area (Å²) in [5.41, 5.74) is 12.1. The minimum absolute atomic E-state index is 0.000695. The third kappa shape index (κ3) is 7.09. The van der Waals surface area contributed by atoms with Crippen molar-refractivity contribution in [3.05, 3.63) is 23.8 Å². The smallest absolute Gasteiger partial charge is 0.330 e. The molecule has 0 saturated carbocycles. The molecule has 0 bridgehead atoms. The molecule has 0 aliphatic rings. The van der Waals surface area contributed by atoms with Crippen LogP contribution in [0.1, 0.15) is 39.7 Å². The van der Waals surface area contributed by atoms with Crippen LogP contribution in [-0.2, 0) is 30.3 Å². The van der Waals surface area contributed by atoms with Gasteiger partial charge in [0.1, 0.15) is 12.1 Å². The van der Waals surface area contributed by atoms with E-state index in [-0.39, 0.29) is 23.8 Å². The Morgan fingerprint density at radius 3 is 2.07 bits per heavy atom. The summed E-state index contributed by atoms with van der Waals surface area (Å²) in [5.74, 6) is -3.02. The summed E-state index contributed by atoms with van der Waals surface area (Å²) in [5, 5.41) is 0. The van der Waals surface area contributed by atoms with Gasteiger partial charge in [0.25, 0.3) is 0 Å². The van der Waals surface area contributed by atoms with Gasteiger partial charge in [-0.05, 0) is 30.0 Å². The second-order valence-corrected chi connectivity index (χ2v) is 6.43. The molecule has 0 amide bonds. The van der Waals surface area contributed by atoms with E-state index in [2.05, 4.69) is 0 Å². The third-order valence-corrected chi connectivity index (χ3v) is 4.00. The lowest BCUT2D eigenvalue weighted by molar-refractivity contribution is -0.162. The monoisotopic (exact) mass is 394 g/mol. The summed E-state index contributed by atoms with van der Waals surface area (Å²) in [6.07, 6.45) is 0.656. The number of esters is 4. The van der Waals surface area contributed by atoms with Gasteiger partial charge in [-0.1, -0.05) is 26.3 Å². The SMILES string of the molecule is CC[C@H](C)[C@H](N)C(=O)OC(=O)[C@@H](N)Cc1ccc(OC(C)=O)c(OC(C)=O)c1. The molecule has 0 saturated heterocycles. The van der Waals surface area contributed by atoms with Crippen LogP contribution in [0.4, 0.5) is 0 Å². The Kier molecular flexibility index (Phi) is 8.75. The summed E-state index contributed by atoms with van der Waals surface area (Å²) in [4.78, 5) is 46.4. The highest BCUT2D eigenvalue weighted by molar-refractivity contribution is 5.91. The number of ether oxygens (including phenoxy) is 3. The van der Waals surface area contributed by atoms with Crippen LogP contribution in [0, 0.1) is 5.92 Å². The number of carbonyl (C=O) groups excluding carboxylic acids is 4. The molecule has 1 rings (SSSR count). The Bertz CT molecular complexity index is 748. The summed E-state index contributed by atoms with van der Waals surface area (Å²) < 4.78 is 14.7. The molecule has 1 aromatic rings. The van der Waals surface area contributed by atoms with E-state index in [0.29, 0.717) is 12.0 Å². The van der Waals surface area contributed by atoms with Crippen LogP contribution in [0.3, 0.4) is 0 Å². The summed E-state index contributed by atoms with van der Waals surface area (Å²) in [7, 11) is 0. The van der Waals surface area contributed by atoms with Crippen molar-refractivity contribution in [1.29, 1.82) is 0 Å². The lowest BCUT2D eigenvalue weighted by Crippen LogP contribution is -2.43. The highest BCUT2D eigenvalue weighted by Crippen LogP contribution is 2.29. The van der Waals surface area contributed by atoms with E-state index in [1.165, 1.54) is 26.0 Å². The average Bonchev–Trinajstić information content (AvgIpc) is 2.61. The highest BCUT2D eigenvalue weighted by atomic mass is 16.6. The van der Waals surface area contributed by atoms with Crippen molar-refractivity contribution in [2.24, 2.45) is 17.4 Å². The highest BCUT2D eigenvalue weighted by Gasteiger charge is 2.26. The first-order valence-corrected chi connectivity index (χ1v) is 8.81. The van der Waals surface area contributed by atoms with Crippen LogP contribution in [0.15, 0.2) is 18.2 Å². The van der Waals surface area contributed by atoms with Gasteiger partial charge in [-0.2, -0.15) is 0 Å². The van der Waals surface area contributed by atoms with Crippen LogP contribution in [0.5, 0.6) is 11.5 Å². The van der Waals surface area contributed by atoms with Gasteiger partial charge in [0, 0.05) is 13.8 Å². The number of hydrogen-bond donors (Lipinski definition) is 2. The minimum Gasteiger partial charge on any atom is -0.423 e. The lowest BCUT2D eigenvalue weighted by atomic mass is 10.0. The fourth-order valence-electron chi connectivity index (χ4n) is 2.22. The van der Waals surface area contributed by atoms with Crippen LogP contribution in [-0.4, -0.2) is 36.0 Å². The Labute approximate surface area is 163 Å². The second kappa shape index (κ2) is 10.5. The van der Waals surface area contributed by atoms with E-state index in [1.807, 2.05) is 6.92 Å². The Morgan fingerprint density at radius 2 is 1.54 bits per heavy atom. The second-order valence-electron chi connectivity index (χ2n) is 6.43. The van der Waals surface area contributed by atoms with Gasteiger partial charge < -0.3 is 25.7 Å². The maximum Gasteiger partial charge on any atom is 0.330 e. The van der Waals surface area contributed by atoms with Crippen LogP contribution >= 0.6 is 0 Å². The molecule has 0 spiro atoms. The molecule has 9 nitrogen and oxygen atoms in total. The van der Waals surface area contributed by atoms with Crippen molar-refractivity contribution in [3.8, 4) is 11.5 Å². The fourth-order valence-corrected chi connectivity index (χ4v) is 2.22. The maximum atomic E-state index is 12.1. The molecule has 0 aliphatic carbocycles. The van der Waals surface area contributed by atoms with Crippen molar-refractivity contribution in [2.45, 2.75) is 52.6 Å². The molecule has 0 radical (unpaired) electrons. The topological polar surface area (TPSA) is 148 Å². The molecule has 0 aliphatic heterocycles. The first-order valence-electron chi connectivity index (χ1n) is 8.81. The Morgan fingerprint density at radius 1 is 0.964 bits per heavy atom. The standard InChI is InChI=1S/C19H26N2O7/c1-5-10(2)17(21)19(25)28-18(24)14(20)8-13-6-7-15(26-11(3)22)16(9-13)27-12(4)23/h6-7,9-10,14,17H,5,8,20-21H2,1-4H3/t10-,14-,17-/m0/s1. The van der Waals surface area contributed by atoms with E-state index < -0.39 is 36.0 Å². The quantitative estimate of drug-likeness (QED) is 0.372. The molecule has 28 heavy (non-hydrogen) atoms. The molecule has 1 aromatic carbocycles. The minimum atomic E-state index is -1.14. The van der Waals surface area contributed by atoms with E-state index in [4.69, 9.17) is 25.7 Å². The van der Waals surface area contributed by atoms with Crippen molar-refractivity contribution in [1.82, 2.24) is 0 Å². The largest absolute Gasteiger partial charge is 0.423 e. The molecule has 9 heteroatoms. The van der Waals surface area contributed by atoms with Crippen LogP contribution in [0.2, 0.25) is 0 Å². The Balaban J connectivity index is 2.85. The summed E-state index contributed by atoms with van der Waals surface area (Å²) in [6.45, 7) is 6.04. The number of benzene rings is 1. The van der Waals surface area contributed by atoms with Gasteiger partial charge >= 0.3 is 23.9 Å². The van der Waals surface area contributed by atoms with Crippen molar-refractivity contribution in [3.63, 3.8) is 0 Å². The molecule has 0 fully saturated rings. The van der Waals surface area contributed by atoms with Crippen molar-refractivity contribution < 1.29 is 33.4 Å². The molecular formula is C19H26N2O7. The normalized spacial score (nSPS) is 13.8. The first kappa shape index (κ1) is 23.3. The average molecular weight is 394 g/mol. The molecule has 3 atom stereocenters. The molecule has 154 valence electrons. The fraction of sp³-hybridized carbons (Fsp3) is 0.474. The summed E-state index contributed by atoms with van der Waals surface area (Å²) >= 11 is 0. The van der Waals surface area contributed by atoms with Gasteiger partial charge in [0.15, 0.2) is 11.5 Å². The predicted octanol–water partition coefficient (Wildman–Crippen LogP) is 0.850. The van der Waals surface area contributed by atoms with Gasteiger partial charge in [-0.15, -0.1) is 0 Å². The van der Waals surface area contributed by atoms with Gasteiger partial charge in [-0.25, -0.2) is 9.59 Å². The van der Waals surface area contributed by atoms with Gasteiger partial charge in [0.2, 0.25) is 0 Å². The number of rotatable bonds is 8. The molecule has 0 heterocycles. The number of hydrogen-bond acceptors (Lipinski definition) is 9. The predicted molar refractivity (Wildman–Crippen MR) is 99.3 cm³/mol. The van der Waals surface area contributed by atoms with Gasteiger partial charge in [-0.3, -0.25) is 9.59 Å². The number of nitrogens with two attached hydrogens (primary N) is 2.